The van der Waals surface area contributed by atoms with Crippen molar-refractivity contribution in [1.29, 1.82) is 0 Å². The van der Waals surface area contributed by atoms with Gasteiger partial charge in [0.2, 0.25) is 0 Å². The quantitative estimate of drug-likeness (QED) is 0.171. The molecule has 9 aromatic carbocycles. The molecule has 0 radical (unpaired) electrons. The molecule has 266 valence electrons. The van der Waals surface area contributed by atoms with Crippen LogP contribution in [0.25, 0.3) is 78.0 Å². The van der Waals surface area contributed by atoms with Crippen LogP contribution in [0.15, 0.2) is 212 Å². The third-order valence-electron chi connectivity index (χ3n) is 11.6. The van der Waals surface area contributed by atoms with Crippen LogP contribution in [0.3, 0.4) is 0 Å². The monoisotopic (exact) mass is 725 g/mol. The Labute approximate surface area is 331 Å². The molecule has 3 heteroatoms. The van der Waals surface area contributed by atoms with Crippen LogP contribution in [0.2, 0.25) is 0 Å². The van der Waals surface area contributed by atoms with E-state index < -0.39 is 5.41 Å². The molecule has 0 N–H and O–H groups in total. The Hall–Kier alpha value is -7.49. The minimum Gasteiger partial charge on any atom is -0.208 e. The van der Waals surface area contributed by atoms with Crippen LogP contribution in [-0.4, -0.2) is 15.0 Å². The first-order chi connectivity index (χ1) is 28.3. The zero-order valence-electron chi connectivity index (χ0n) is 31.0. The zero-order valence-corrected chi connectivity index (χ0v) is 31.0. The fourth-order valence-corrected chi connectivity index (χ4v) is 9.11. The Morgan fingerprint density at radius 3 is 1.42 bits per heavy atom. The van der Waals surface area contributed by atoms with Gasteiger partial charge in [-0.3, -0.25) is 0 Å². The lowest BCUT2D eigenvalue weighted by Gasteiger charge is -2.34. The number of rotatable bonds is 6. The maximum atomic E-state index is 5.18. The van der Waals surface area contributed by atoms with Crippen molar-refractivity contribution in [2.45, 2.75) is 5.41 Å². The highest BCUT2D eigenvalue weighted by atomic mass is 15.0. The van der Waals surface area contributed by atoms with Crippen LogP contribution in [0, 0.1) is 0 Å². The van der Waals surface area contributed by atoms with Crippen molar-refractivity contribution >= 4 is 21.5 Å². The second-order valence-electron chi connectivity index (χ2n) is 14.7. The standard InChI is InChI=1S/C54H35N3/c1-4-18-39(19-5-1)51-55-52(40-20-6-2-7-21-40)57-53(56-51)46-34-30-36-16-10-12-24-43(36)49(46)38-28-32-42(33-29-38)54(41-22-8-3-9-23-41)47-27-15-14-26-45(47)50-44-25-13-11-17-37(44)31-35-48(50)54/h1-35H. The van der Waals surface area contributed by atoms with Crippen LogP contribution in [-0.2, 0) is 5.41 Å². The van der Waals surface area contributed by atoms with E-state index in [2.05, 4.69) is 176 Å². The Bertz CT molecular complexity index is 3050. The molecule has 0 spiro atoms. The molecule has 0 aliphatic heterocycles. The molecule has 11 rings (SSSR count). The average Bonchev–Trinajstić information content (AvgIpc) is 3.61. The molecule has 0 amide bonds. The smallest absolute Gasteiger partial charge is 0.164 e. The summed E-state index contributed by atoms with van der Waals surface area (Å²) in [5, 5.41) is 4.83. The Kier molecular flexibility index (Phi) is 7.71. The van der Waals surface area contributed by atoms with Crippen molar-refractivity contribution < 1.29 is 0 Å². The molecule has 0 bridgehead atoms. The summed E-state index contributed by atoms with van der Waals surface area (Å²) >= 11 is 0. The highest BCUT2D eigenvalue weighted by molar-refractivity contribution is 6.05. The van der Waals surface area contributed by atoms with Crippen molar-refractivity contribution in [2.24, 2.45) is 0 Å². The Balaban J connectivity index is 1.14. The Morgan fingerprint density at radius 1 is 0.281 bits per heavy atom. The molecule has 0 saturated carbocycles. The number of benzene rings is 9. The molecule has 1 atom stereocenters. The lowest BCUT2D eigenvalue weighted by atomic mass is 9.67. The van der Waals surface area contributed by atoms with E-state index in [1.807, 2.05) is 36.4 Å². The van der Waals surface area contributed by atoms with E-state index in [1.54, 1.807) is 0 Å². The fourth-order valence-electron chi connectivity index (χ4n) is 9.11. The van der Waals surface area contributed by atoms with Gasteiger partial charge in [0.15, 0.2) is 17.5 Å². The molecule has 1 aliphatic rings. The van der Waals surface area contributed by atoms with Gasteiger partial charge in [-0.15, -0.1) is 0 Å². The number of hydrogen-bond donors (Lipinski definition) is 0. The van der Waals surface area contributed by atoms with E-state index in [4.69, 9.17) is 15.0 Å². The lowest BCUT2D eigenvalue weighted by Crippen LogP contribution is -2.28. The van der Waals surface area contributed by atoms with Crippen molar-refractivity contribution in [2.75, 3.05) is 0 Å². The van der Waals surface area contributed by atoms with E-state index in [9.17, 15) is 0 Å². The SMILES string of the molecule is c1ccc(-c2nc(-c3ccccc3)nc(-c3ccc4ccccc4c3-c3ccc(C4(c5ccccc5)c5ccccc5-c5c4ccc4ccccc54)cc3)n2)cc1. The maximum absolute atomic E-state index is 5.18. The highest BCUT2D eigenvalue weighted by Gasteiger charge is 2.46. The first-order valence-electron chi connectivity index (χ1n) is 19.4. The minimum atomic E-state index is -0.513. The molecule has 1 aliphatic carbocycles. The highest BCUT2D eigenvalue weighted by Crippen LogP contribution is 2.58. The molecular weight excluding hydrogens is 691 g/mol. The van der Waals surface area contributed by atoms with Gasteiger partial charge in [-0.25, -0.2) is 15.0 Å². The van der Waals surface area contributed by atoms with Gasteiger partial charge < -0.3 is 0 Å². The van der Waals surface area contributed by atoms with E-state index >= 15 is 0 Å². The third kappa shape index (κ3) is 5.24. The molecule has 1 heterocycles. The molecule has 0 saturated heterocycles. The summed E-state index contributed by atoms with van der Waals surface area (Å²) in [5.41, 5.74) is 12.2. The fraction of sp³-hybridized carbons (Fsp3) is 0.0185. The number of aromatic nitrogens is 3. The summed E-state index contributed by atoms with van der Waals surface area (Å²) in [5.74, 6) is 1.92. The van der Waals surface area contributed by atoms with Crippen LogP contribution < -0.4 is 0 Å². The van der Waals surface area contributed by atoms with E-state index in [-0.39, 0.29) is 0 Å². The van der Waals surface area contributed by atoms with Crippen molar-refractivity contribution in [3.8, 4) is 56.4 Å². The predicted octanol–water partition coefficient (Wildman–Crippen LogP) is 13.2. The van der Waals surface area contributed by atoms with Crippen molar-refractivity contribution in [1.82, 2.24) is 15.0 Å². The molecule has 0 fully saturated rings. The maximum Gasteiger partial charge on any atom is 0.164 e. The van der Waals surface area contributed by atoms with Crippen molar-refractivity contribution in [3.05, 3.63) is 235 Å². The van der Waals surface area contributed by atoms with Crippen LogP contribution in [0.5, 0.6) is 0 Å². The largest absolute Gasteiger partial charge is 0.208 e. The van der Waals surface area contributed by atoms with Crippen LogP contribution in [0.1, 0.15) is 22.3 Å². The first-order valence-corrected chi connectivity index (χ1v) is 19.4. The van der Waals surface area contributed by atoms with Gasteiger partial charge in [-0.2, -0.15) is 0 Å². The van der Waals surface area contributed by atoms with Gasteiger partial charge in [0.25, 0.3) is 0 Å². The van der Waals surface area contributed by atoms with E-state index in [1.165, 1.54) is 44.2 Å². The predicted molar refractivity (Wildman–Crippen MR) is 234 cm³/mol. The summed E-state index contributed by atoms with van der Waals surface area (Å²) in [6.07, 6.45) is 0. The molecular formula is C54H35N3. The van der Waals surface area contributed by atoms with Gasteiger partial charge in [0, 0.05) is 22.3 Å². The molecule has 1 aromatic heterocycles. The summed E-state index contributed by atoms with van der Waals surface area (Å²) in [6, 6.07) is 76.0. The van der Waals surface area contributed by atoms with Gasteiger partial charge in [-0.1, -0.05) is 206 Å². The number of fused-ring (bicyclic) bond motifs is 6. The lowest BCUT2D eigenvalue weighted by molar-refractivity contribution is 0.769. The van der Waals surface area contributed by atoms with E-state index in [0.29, 0.717) is 17.5 Å². The van der Waals surface area contributed by atoms with Gasteiger partial charge in [0.05, 0.1) is 5.41 Å². The average molecular weight is 726 g/mol. The molecule has 57 heavy (non-hydrogen) atoms. The van der Waals surface area contributed by atoms with Crippen LogP contribution in [0.4, 0.5) is 0 Å². The molecule has 1 unspecified atom stereocenters. The third-order valence-corrected chi connectivity index (χ3v) is 11.6. The first kappa shape index (κ1) is 32.9. The topological polar surface area (TPSA) is 38.7 Å². The second-order valence-corrected chi connectivity index (χ2v) is 14.7. The van der Waals surface area contributed by atoms with Gasteiger partial charge in [0.1, 0.15) is 0 Å². The van der Waals surface area contributed by atoms with Gasteiger partial charge in [-0.05, 0) is 66.6 Å². The summed E-state index contributed by atoms with van der Waals surface area (Å²) < 4.78 is 0. The summed E-state index contributed by atoms with van der Waals surface area (Å²) in [7, 11) is 0. The zero-order chi connectivity index (χ0) is 37.8. The number of hydrogen-bond acceptors (Lipinski definition) is 3. The van der Waals surface area contributed by atoms with E-state index in [0.717, 1.165) is 38.6 Å². The van der Waals surface area contributed by atoms with Crippen molar-refractivity contribution in [3.63, 3.8) is 0 Å². The number of nitrogens with zero attached hydrogens (tertiary/aromatic N) is 3. The summed E-state index contributed by atoms with van der Waals surface area (Å²) in [4.78, 5) is 15.3. The summed E-state index contributed by atoms with van der Waals surface area (Å²) in [6.45, 7) is 0. The molecule has 10 aromatic rings. The van der Waals surface area contributed by atoms with Crippen LogP contribution >= 0.6 is 0 Å². The normalized spacial score (nSPS) is 14.4. The van der Waals surface area contributed by atoms with Gasteiger partial charge >= 0.3 is 0 Å². The Morgan fingerprint density at radius 2 is 0.772 bits per heavy atom. The molecule has 3 nitrogen and oxygen atoms in total. The minimum absolute atomic E-state index is 0.513. The second kappa shape index (κ2) is 13.4.